The highest BCUT2D eigenvalue weighted by Gasteiger charge is 2.33. The molecule has 4 rings (SSSR count). The summed E-state index contributed by atoms with van der Waals surface area (Å²) in [6, 6.07) is 9.37. The molecule has 0 bridgehead atoms. The van der Waals surface area contributed by atoms with Crippen molar-refractivity contribution in [1.29, 1.82) is 0 Å². The first-order chi connectivity index (χ1) is 18.8. The predicted molar refractivity (Wildman–Crippen MR) is 156 cm³/mol. The standard InChI is InChI=1S/C27H39N5O6SSi/c1-27(11-14-31(15-12-27)26(33)34)18-38-22-10-13-29-25-23(22)24(30-32(25)19-37-16-17-40(3,4)5)20-6-8-21(9-7-20)39(35,36)28-2/h6-10,13,28H,11-12,14-19H2,1-5H3,(H,33,34). The summed E-state index contributed by atoms with van der Waals surface area (Å²) in [6.07, 6.45) is 2.19. The molecule has 1 aliphatic heterocycles. The zero-order valence-corrected chi connectivity index (χ0v) is 25.6. The number of carboxylic acid groups (broad SMARTS) is 1. The van der Waals surface area contributed by atoms with Crippen LogP contribution in [0.5, 0.6) is 5.75 Å². The Balaban J connectivity index is 1.65. The van der Waals surface area contributed by atoms with E-state index in [9.17, 15) is 18.3 Å². The minimum Gasteiger partial charge on any atom is -0.492 e. The average molecular weight is 590 g/mol. The molecule has 1 aromatic carbocycles. The number of pyridine rings is 1. The summed E-state index contributed by atoms with van der Waals surface area (Å²) in [5.41, 5.74) is 1.77. The number of nitrogens with zero attached hydrogens (tertiary/aromatic N) is 4. The Morgan fingerprint density at radius 1 is 1.15 bits per heavy atom. The molecule has 1 aliphatic rings. The van der Waals surface area contributed by atoms with Gasteiger partial charge in [-0.1, -0.05) is 38.7 Å². The number of nitrogens with one attached hydrogen (secondary N) is 1. The number of carbonyl (C=O) groups is 1. The van der Waals surface area contributed by atoms with Crippen molar-refractivity contribution in [1.82, 2.24) is 24.4 Å². The lowest BCUT2D eigenvalue weighted by atomic mass is 9.81. The van der Waals surface area contributed by atoms with E-state index in [1.54, 1.807) is 41.2 Å². The van der Waals surface area contributed by atoms with Crippen molar-refractivity contribution in [2.75, 3.05) is 33.4 Å². The van der Waals surface area contributed by atoms with E-state index >= 15 is 0 Å². The molecule has 1 fully saturated rings. The maximum Gasteiger partial charge on any atom is 0.407 e. The topological polar surface area (TPSA) is 136 Å². The van der Waals surface area contributed by atoms with E-state index in [0.717, 1.165) is 11.6 Å². The van der Waals surface area contributed by atoms with Gasteiger partial charge in [0.2, 0.25) is 10.0 Å². The molecule has 0 atom stereocenters. The van der Waals surface area contributed by atoms with E-state index in [1.807, 2.05) is 0 Å². The highest BCUT2D eigenvalue weighted by Crippen LogP contribution is 2.37. The SMILES string of the molecule is CNS(=O)(=O)c1ccc(-c2nn(COCC[Si](C)(C)C)c3nccc(OCC4(C)CCN(C(=O)O)CC4)c23)cc1. The summed E-state index contributed by atoms with van der Waals surface area (Å²) in [7, 11) is -3.45. The number of amides is 1. The summed E-state index contributed by atoms with van der Waals surface area (Å²) < 4.78 is 40.9. The second kappa shape index (κ2) is 11.8. The number of rotatable bonds is 11. The zero-order chi connectivity index (χ0) is 29.1. The molecular formula is C27H39N5O6SSi. The normalized spacial score (nSPS) is 15.9. The van der Waals surface area contributed by atoms with E-state index in [0.29, 0.717) is 61.6 Å². The second-order valence-electron chi connectivity index (χ2n) is 11.8. The van der Waals surface area contributed by atoms with Crippen LogP contribution in [0.25, 0.3) is 22.3 Å². The first kappa shape index (κ1) is 30.0. The van der Waals surface area contributed by atoms with Gasteiger partial charge in [-0.2, -0.15) is 5.10 Å². The van der Waals surface area contributed by atoms with Crippen molar-refractivity contribution in [3.8, 4) is 17.0 Å². The maximum absolute atomic E-state index is 12.2. The van der Waals surface area contributed by atoms with Crippen LogP contribution in [0.2, 0.25) is 25.7 Å². The number of sulfonamides is 1. The molecule has 0 saturated carbocycles. The Labute approximate surface area is 236 Å². The molecule has 40 heavy (non-hydrogen) atoms. The Bertz CT molecular complexity index is 1440. The number of benzene rings is 1. The number of hydrogen-bond donors (Lipinski definition) is 2. The molecule has 13 heteroatoms. The van der Waals surface area contributed by atoms with E-state index < -0.39 is 24.2 Å². The summed E-state index contributed by atoms with van der Waals surface area (Å²) in [5.74, 6) is 0.613. The number of likely N-dealkylation sites (tertiary alicyclic amines) is 1. The van der Waals surface area contributed by atoms with Gasteiger partial charge in [-0.15, -0.1) is 0 Å². The number of ether oxygens (including phenoxy) is 2. The highest BCUT2D eigenvalue weighted by atomic mass is 32.2. The Morgan fingerprint density at radius 3 is 2.42 bits per heavy atom. The van der Waals surface area contributed by atoms with Gasteiger partial charge >= 0.3 is 6.09 Å². The molecule has 1 saturated heterocycles. The van der Waals surface area contributed by atoms with E-state index in [2.05, 4.69) is 36.3 Å². The zero-order valence-electron chi connectivity index (χ0n) is 23.8. The van der Waals surface area contributed by atoms with Gasteiger partial charge in [-0.25, -0.2) is 27.6 Å². The molecule has 218 valence electrons. The van der Waals surface area contributed by atoms with Crippen LogP contribution in [0.4, 0.5) is 4.79 Å². The first-order valence-electron chi connectivity index (χ1n) is 13.4. The van der Waals surface area contributed by atoms with E-state index in [1.165, 1.54) is 11.9 Å². The van der Waals surface area contributed by atoms with Gasteiger partial charge in [0.15, 0.2) is 5.65 Å². The smallest absolute Gasteiger partial charge is 0.407 e. The quantitative estimate of drug-likeness (QED) is 0.247. The van der Waals surface area contributed by atoms with Crippen molar-refractivity contribution in [2.45, 2.75) is 57.1 Å². The highest BCUT2D eigenvalue weighted by molar-refractivity contribution is 7.89. The van der Waals surface area contributed by atoms with Gasteiger partial charge in [0.05, 0.1) is 16.9 Å². The monoisotopic (exact) mass is 589 g/mol. The third kappa shape index (κ3) is 7.00. The minimum atomic E-state index is -3.58. The van der Waals surface area contributed by atoms with Gasteiger partial charge in [-0.3, -0.25) is 0 Å². The van der Waals surface area contributed by atoms with Crippen LogP contribution in [0.1, 0.15) is 19.8 Å². The van der Waals surface area contributed by atoms with Gasteiger partial charge in [0.1, 0.15) is 18.2 Å². The summed E-state index contributed by atoms with van der Waals surface area (Å²) >= 11 is 0. The van der Waals surface area contributed by atoms with Crippen LogP contribution >= 0.6 is 0 Å². The lowest BCUT2D eigenvalue weighted by Gasteiger charge is -2.37. The van der Waals surface area contributed by atoms with Crippen LogP contribution in [-0.4, -0.2) is 80.7 Å². The maximum atomic E-state index is 12.2. The molecule has 0 spiro atoms. The van der Waals surface area contributed by atoms with E-state index in [4.69, 9.17) is 14.6 Å². The Morgan fingerprint density at radius 2 is 1.82 bits per heavy atom. The number of hydrogen-bond acceptors (Lipinski definition) is 7. The van der Waals surface area contributed by atoms with Gasteiger partial charge < -0.3 is 19.5 Å². The molecule has 0 unspecified atom stereocenters. The van der Waals surface area contributed by atoms with Crippen LogP contribution < -0.4 is 9.46 Å². The molecule has 1 amide bonds. The summed E-state index contributed by atoms with van der Waals surface area (Å²) in [6.45, 7) is 11.2. The fourth-order valence-corrected chi connectivity index (χ4v) is 6.04. The Hall–Kier alpha value is -3.00. The average Bonchev–Trinajstić information content (AvgIpc) is 3.29. The largest absolute Gasteiger partial charge is 0.492 e. The van der Waals surface area contributed by atoms with Gasteiger partial charge in [-0.05, 0) is 44.1 Å². The predicted octanol–water partition coefficient (Wildman–Crippen LogP) is 4.48. The first-order valence-corrected chi connectivity index (χ1v) is 18.6. The van der Waals surface area contributed by atoms with E-state index in [-0.39, 0.29) is 17.0 Å². The van der Waals surface area contributed by atoms with Crippen LogP contribution in [-0.2, 0) is 21.5 Å². The lowest BCUT2D eigenvalue weighted by molar-refractivity contribution is 0.0660. The summed E-state index contributed by atoms with van der Waals surface area (Å²) in [5, 5.41) is 14.8. The molecule has 2 aromatic heterocycles. The Kier molecular flexibility index (Phi) is 8.88. The van der Waals surface area contributed by atoms with Crippen LogP contribution in [0, 0.1) is 5.41 Å². The molecule has 2 N–H and O–H groups in total. The molecule has 3 aromatic rings. The second-order valence-corrected chi connectivity index (χ2v) is 19.3. The minimum absolute atomic E-state index is 0.160. The molecule has 0 radical (unpaired) electrons. The van der Waals surface area contributed by atoms with Gasteiger partial charge in [0, 0.05) is 44.9 Å². The number of fused-ring (bicyclic) bond motifs is 1. The molecular weight excluding hydrogens is 550 g/mol. The van der Waals surface area contributed by atoms with Crippen LogP contribution in [0.15, 0.2) is 41.4 Å². The van der Waals surface area contributed by atoms with Crippen molar-refractivity contribution in [3.63, 3.8) is 0 Å². The third-order valence-electron chi connectivity index (χ3n) is 7.33. The van der Waals surface area contributed by atoms with Crippen LogP contribution in [0.3, 0.4) is 0 Å². The fraction of sp³-hybridized carbons (Fsp3) is 0.519. The number of aromatic nitrogens is 3. The molecule has 11 nitrogen and oxygen atoms in total. The number of piperidine rings is 1. The van der Waals surface area contributed by atoms with Crippen molar-refractivity contribution < 1.29 is 27.8 Å². The molecule has 0 aliphatic carbocycles. The third-order valence-corrected chi connectivity index (χ3v) is 10.5. The van der Waals surface area contributed by atoms with Crippen molar-refractivity contribution in [3.05, 3.63) is 36.5 Å². The summed E-state index contributed by atoms with van der Waals surface area (Å²) in [4.78, 5) is 17.5. The van der Waals surface area contributed by atoms with Crippen molar-refractivity contribution >= 4 is 35.2 Å². The fourth-order valence-electron chi connectivity index (χ4n) is 4.56. The van der Waals surface area contributed by atoms with Gasteiger partial charge in [0.25, 0.3) is 0 Å². The van der Waals surface area contributed by atoms with Crippen molar-refractivity contribution in [2.24, 2.45) is 5.41 Å². The molecule has 3 heterocycles. The lowest BCUT2D eigenvalue weighted by Crippen LogP contribution is -2.43.